The monoisotopic (exact) mass is 461 g/mol. The van der Waals surface area contributed by atoms with Gasteiger partial charge in [-0.1, -0.05) is 23.5 Å². The molecule has 0 saturated carbocycles. The van der Waals surface area contributed by atoms with Gasteiger partial charge in [0.1, 0.15) is 5.58 Å². The van der Waals surface area contributed by atoms with E-state index in [2.05, 4.69) is 4.98 Å². The summed E-state index contributed by atoms with van der Waals surface area (Å²) in [5.74, 6) is -0.869. The van der Waals surface area contributed by atoms with E-state index in [9.17, 15) is 24.5 Å². The highest BCUT2D eigenvalue weighted by Gasteiger charge is 2.45. The van der Waals surface area contributed by atoms with Gasteiger partial charge in [0.15, 0.2) is 16.3 Å². The standard InChI is InChI=1S/C23H15N3O6S/c1-11-21(12(2)27)33-23(24-11)25-18(13-7-9-14(10-8-13)26(30)31)17-19(28)15-5-3-4-6-16(15)32-20(17)22(25)29/h3-10,18H,1-2H3/t18-/m0/s1. The number of benzene rings is 2. The van der Waals surface area contributed by atoms with Crippen LogP contribution < -0.4 is 10.3 Å². The first-order chi connectivity index (χ1) is 15.8. The zero-order valence-electron chi connectivity index (χ0n) is 17.4. The zero-order chi connectivity index (χ0) is 23.4. The highest BCUT2D eigenvalue weighted by molar-refractivity contribution is 7.17. The van der Waals surface area contributed by atoms with Crippen molar-refractivity contribution in [1.29, 1.82) is 0 Å². The number of thiazole rings is 1. The molecule has 0 spiro atoms. The van der Waals surface area contributed by atoms with Gasteiger partial charge in [0.25, 0.3) is 11.6 Å². The molecule has 5 rings (SSSR count). The van der Waals surface area contributed by atoms with Crippen molar-refractivity contribution >= 4 is 44.8 Å². The summed E-state index contributed by atoms with van der Waals surface area (Å²) in [7, 11) is 0. The van der Waals surface area contributed by atoms with E-state index in [4.69, 9.17) is 4.42 Å². The number of non-ortho nitro benzene ring substituents is 1. The number of para-hydroxylation sites is 1. The molecular formula is C23H15N3O6S. The lowest BCUT2D eigenvalue weighted by Crippen LogP contribution is -2.29. The van der Waals surface area contributed by atoms with E-state index in [0.29, 0.717) is 21.5 Å². The van der Waals surface area contributed by atoms with Gasteiger partial charge in [-0.05, 0) is 36.8 Å². The molecule has 3 heterocycles. The molecular weight excluding hydrogens is 446 g/mol. The molecule has 1 aliphatic rings. The number of hydrogen-bond acceptors (Lipinski definition) is 8. The van der Waals surface area contributed by atoms with Crippen molar-refractivity contribution in [2.75, 3.05) is 4.90 Å². The van der Waals surface area contributed by atoms with Crippen molar-refractivity contribution in [2.24, 2.45) is 0 Å². The van der Waals surface area contributed by atoms with Gasteiger partial charge in [0, 0.05) is 19.1 Å². The Labute approximate surface area is 190 Å². The molecule has 0 aliphatic carbocycles. The number of aryl methyl sites for hydroxylation is 1. The topological polar surface area (TPSA) is 124 Å². The quantitative estimate of drug-likeness (QED) is 0.250. The molecule has 9 nitrogen and oxygen atoms in total. The Kier molecular flexibility index (Phi) is 4.68. The number of ketones is 1. The average molecular weight is 461 g/mol. The minimum atomic E-state index is -0.917. The van der Waals surface area contributed by atoms with Crippen molar-refractivity contribution in [3.63, 3.8) is 0 Å². The van der Waals surface area contributed by atoms with Crippen molar-refractivity contribution < 1.29 is 18.9 Å². The van der Waals surface area contributed by atoms with Gasteiger partial charge in [-0.25, -0.2) is 4.98 Å². The molecule has 2 aromatic heterocycles. The van der Waals surface area contributed by atoms with Crippen LogP contribution in [0.4, 0.5) is 10.8 Å². The molecule has 0 N–H and O–H groups in total. The number of nitrogens with zero attached hydrogens (tertiary/aromatic N) is 3. The fourth-order valence-electron chi connectivity index (χ4n) is 4.02. The van der Waals surface area contributed by atoms with Crippen molar-refractivity contribution in [3.05, 3.63) is 96.3 Å². The van der Waals surface area contributed by atoms with E-state index >= 15 is 0 Å². The molecule has 2 aromatic carbocycles. The molecule has 0 saturated heterocycles. The van der Waals surface area contributed by atoms with Crippen LogP contribution in [0.2, 0.25) is 0 Å². The molecule has 33 heavy (non-hydrogen) atoms. The van der Waals surface area contributed by atoms with Crippen LogP contribution in [0.5, 0.6) is 0 Å². The molecule has 0 unspecified atom stereocenters. The van der Waals surface area contributed by atoms with Gasteiger partial charge < -0.3 is 4.42 Å². The zero-order valence-corrected chi connectivity index (χ0v) is 18.2. The molecule has 0 radical (unpaired) electrons. The lowest BCUT2D eigenvalue weighted by molar-refractivity contribution is -0.384. The van der Waals surface area contributed by atoms with E-state index in [-0.39, 0.29) is 38.9 Å². The van der Waals surface area contributed by atoms with E-state index in [1.165, 1.54) is 36.1 Å². The number of aromatic nitrogens is 1. The number of carbonyl (C=O) groups excluding carboxylic acids is 2. The molecule has 1 atom stereocenters. The maximum absolute atomic E-state index is 13.5. The number of rotatable bonds is 4. The summed E-state index contributed by atoms with van der Waals surface area (Å²) in [6, 6.07) is 11.3. The summed E-state index contributed by atoms with van der Waals surface area (Å²) in [6.07, 6.45) is 0. The Morgan fingerprint density at radius 3 is 2.48 bits per heavy atom. The predicted molar refractivity (Wildman–Crippen MR) is 121 cm³/mol. The van der Waals surface area contributed by atoms with Crippen LogP contribution in [0, 0.1) is 17.0 Å². The van der Waals surface area contributed by atoms with E-state index in [1.807, 2.05) is 0 Å². The number of nitro groups is 1. The lowest BCUT2D eigenvalue weighted by atomic mass is 9.98. The van der Waals surface area contributed by atoms with Crippen LogP contribution in [0.15, 0.2) is 57.7 Å². The fraction of sp³-hybridized carbons (Fsp3) is 0.130. The third-order valence-electron chi connectivity index (χ3n) is 5.51. The Balaban J connectivity index is 1.78. The number of nitro benzene ring substituents is 1. The number of carbonyl (C=O) groups is 2. The molecule has 1 aliphatic heterocycles. The van der Waals surface area contributed by atoms with Gasteiger partial charge in [0.2, 0.25) is 5.76 Å². The molecule has 1 amide bonds. The van der Waals surface area contributed by atoms with Gasteiger partial charge >= 0.3 is 0 Å². The van der Waals surface area contributed by atoms with Gasteiger partial charge in [-0.15, -0.1) is 0 Å². The van der Waals surface area contributed by atoms with Crippen molar-refractivity contribution in [2.45, 2.75) is 19.9 Å². The summed E-state index contributed by atoms with van der Waals surface area (Å²) in [4.78, 5) is 55.7. The molecule has 0 fully saturated rings. The second-order valence-electron chi connectivity index (χ2n) is 7.56. The van der Waals surface area contributed by atoms with Crippen molar-refractivity contribution in [1.82, 2.24) is 4.98 Å². The molecule has 0 bridgehead atoms. The van der Waals surface area contributed by atoms with Crippen LogP contribution in [-0.2, 0) is 0 Å². The molecule has 10 heteroatoms. The second kappa shape index (κ2) is 7.45. The van der Waals surface area contributed by atoms with Crippen LogP contribution in [0.1, 0.15) is 50.0 Å². The van der Waals surface area contributed by atoms with Crippen LogP contribution in [-0.4, -0.2) is 21.6 Å². The third kappa shape index (κ3) is 3.14. The number of amides is 1. The van der Waals surface area contributed by atoms with E-state index in [0.717, 1.165) is 11.3 Å². The summed E-state index contributed by atoms with van der Waals surface area (Å²) in [6.45, 7) is 3.08. The highest BCUT2D eigenvalue weighted by Crippen LogP contribution is 2.43. The van der Waals surface area contributed by atoms with Crippen LogP contribution in [0.25, 0.3) is 11.0 Å². The fourth-order valence-corrected chi connectivity index (χ4v) is 5.01. The molecule has 164 valence electrons. The second-order valence-corrected chi connectivity index (χ2v) is 8.54. The average Bonchev–Trinajstić information content (AvgIpc) is 3.32. The number of hydrogen-bond donors (Lipinski definition) is 0. The SMILES string of the molecule is CC(=O)c1sc(N2C(=O)c3oc4ccccc4c(=O)c3[C@@H]2c2ccc([N+](=O)[O-])cc2)nc1C. The summed E-state index contributed by atoms with van der Waals surface area (Å²) >= 11 is 1.05. The van der Waals surface area contributed by atoms with Crippen molar-refractivity contribution in [3.8, 4) is 0 Å². The third-order valence-corrected chi connectivity index (χ3v) is 6.77. The summed E-state index contributed by atoms with van der Waals surface area (Å²) < 4.78 is 5.86. The smallest absolute Gasteiger partial charge is 0.297 e. The Morgan fingerprint density at radius 2 is 1.85 bits per heavy atom. The van der Waals surface area contributed by atoms with Gasteiger partial charge in [0.05, 0.1) is 32.5 Å². The Bertz CT molecular complexity index is 1540. The maximum Gasteiger partial charge on any atom is 0.297 e. The normalized spacial score (nSPS) is 15.2. The van der Waals surface area contributed by atoms with E-state index in [1.54, 1.807) is 31.2 Å². The lowest BCUT2D eigenvalue weighted by Gasteiger charge is -2.22. The summed E-state index contributed by atoms with van der Waals surface area (Å²) in [5.41, 5.74) is 0.865. The van der Waals surface area contributed by atoms with Gasteiger partial charge in [-0.2, -0.15) is 0 Å². The predicted octanol–water partition coefficient (Wildman–Crippen LogP) is 4.42. The number of fused-ring (bicyclic) bond motifs is 2. The van der Waals surface area contributed by atoms with Gasteiger partial charge in [-0.3, -0.25) is 29.4 Å². The minimum Gasteiger partial charge on any atom is -0.450 e. The highest BCUT2D eigenvalue weighted by atomic mass is 32.1. The largest absolute Gasteiger partial charge is 0.450 e. The molecule has 4 aromatic rings. The Hall–Kier alpha value is -4.18. The number of anilines is 1. The first-order valence-electron chi connectivity index (χ1n) is 9.90. The maximum atomic E-state index is 13.5. The summed E-state index contributed by atoms with van der Waals surface area (Å²) in [5, 5.41) is 11.7. The van der Waals surface area contributed by atoms with Crippen LogP contribution >= 0.6 is 11.3 Å². The first-order valence-corrected chi connectivity index (χ1v) is 10.7. The Morgan fingerprint density at radius 1 is 1.15 bits per heavy atom. The van der Waals surface area contributed by atoms with Crippen LogP contribution in [0.3, 0.4) is 0 Å². The van der Waals surface area contributed by atoms with E-state index < -0.39 is 16.9 Å². The first kappa shape index (κ1) is 20.7. The minimum absolute atomic E-state index is 0.112. The number of Topliss-reactive ketones (excluding diaryl/α,β-unsaturated/α-hetero) is 1.